The first-order valence-electron chi connectivity index (χ1n) is 7.68. The fraction of sp³-hybridized carbons (Fsp3) is 0.222. The third kappa shape index (κ3) is 2.23. The Bertz CT molecular complexity index is 865. The highest BCUT2D eigenvalue weighted by Gasteiger charge is 2.35. The van der Waals surface area contributed by atoms with Gasteiger partial charge in [0, 0.05) is 23.3 Å². The first kappa shape index (κ1) is 14.3. The van der Waals surface area contributed by atoms with Gasteiger partial charge in [0.15, 0.2) is 0 Å². The normalized spacial score (nSPS) is 21.7. The molecular weight excluding hydrogens is 308 g/mol. The molecule has 23 heavy (non-hydrogen) atoms. The van der Waals surface area contributed by atoms with Crippen molar-refractivity contribution in [2.45, 2.75) is 25.3 Å². The van der Waals surface area contributed by atoms with Crippen LogP contribution >= 0.6 is 11.8 Å². The largest absolute Gasteiger partial charge is 0.341 e. The fourth-order valence-corrected chi connectivity index (χ4v) is 3.98. The van der Waals surface area contributed by atoms with Gasteiger partial charge in [-0.05, 0) is 37.5 Å². The van der Waals surface area contributed by atoms with E-state index in [4.69, 9.17) is 0 Å². The lowest BCUT2D eigenvalue weighted by molar-refractivity contribution is -0.107. The number of nitrogens with zero attached hydrogens (tertiary/aromatic N) is 2. The highest BCUT2D eigenvalue weighted by Crippen LogP contribution is 2.38. The summed E-state index contributed by atoms with van der Waals surface area (Å²) in [5.74, 6) is 0. The molecule has 1 amide bonds. The first-order valence-corrected chi connectivity index (χ1v) is 8.50. The molecule has 1 fully saturated rings. The van der Waals surface area contributed by atoms with E-state index in [9.17, 15) is 9.59 Å². The van der Waals surface area contributed by atoms with Crippen molar-refractivity contribution < 1.29 is 9.59 Å². The van der Waals surface area contributed by atoms with Gasteiger partial charge in [0.1, 0.15) is 0 Å². The number of hydrogen-bond donors (Lipinski definition) is 0. The SMILES string of the molecule is C=C1C(=O)SC(=O)N1c1cccc2c1ccn2C1C=CCCC1. The van der Waals surface area contributed by atoms with Crippen LogP contribution in [0.4, 0.5) is 10.5 Å². The van der Waals surface area contributed by atoms with Crippen molar-refractivity contribution >= 4 is 38.7 Å². The molecule has 1 aliphatic heterocycles. The van der Waals surface area contributed by atoms with Crippen molar-refractivity contribution in [1.82, 2.24) is 4.57 Å². The summed E-state index contributed by atoms with van der Waals surface area (Å²) in [7, 11) is 0. The minimum atomic E-state index is -0.280. The lowest BCUT2D eigenvalue weighted by atomic mass is 10.0. The zero-order chi connectivity index (χ0) is 16.0. The second-order valence-corrected chi connectivity index (χ2v) is 6.72. The summed E-state index contributed by atoms with van der Waals surface area (Å²) >= 11 is 0.705. The number of fused-ring (bicyclic) bond motifs is 1. The molecule has 0 bridgehead atoms. The van der Waals surface area contributed by atoms with Gasteiger partial charge in [-0.25, -0.2) is 0 Å². The molecule has 0 saturated carbocycles. The van der Waals surface area contributed by atoms with E-state index in [0.717, 1.165) is 29.4 Å². The van der Waals surface area contributed by atoms with Crippen LogP contribution in [-0.2, 0) is 4.79 Å². The molecule has 2 aliphatic rings. The van der Waals surface area contributed by atoms with Gasteiger partial charge < -0.3 is 4.57 Å². The second kappa shape index (κ2) is 5.42. The molecule has 116 valence electrons. The number of carbonyl (C=O) groups excluding carboxylic acids is 2. The number of rotatable bonds is 2. The van der Waals surface area contributed by atoms with Crippen LogP contribution in [0.3, 0.4) is 0 Å². The molecule has 1 unspecified atom stereocenters. The molecular formula is C18H16N2O2S. The van der Waals surface area contributed by atoms with Gasteiger partial charge in [0.25, 0.3) is 5.24 Å². The highest BCUT2D eigenvalue weighted by atomic mass is 32.2. The van der Waals surface area contributed by atoms with Crippen LogP contribution in [0.5, 0.6) is 0 Å². The molecule has 0 spiro atoms. The maximum Gasteiger partial charge on any atom is 0.298 e. The number of amides is 1. The van der Waals surface area contributed by atoms with E-state index in [0.29, 0.717) is 17.8 Å². The molecule has 2 aromatic rings. The first-order chi connectivity index (χ1) is 11.2. The van der Waals surface area contributed by atoms with Crippen molar-refractivity contribution in [1.29, 1.82) is 0 Å². The minimum absolute atomic E-state index is 0.234. The molecule has 4 nitrogen and oxygen atoms in total. The van der Waals surface area contributed by atoms with Crippen molar-refractivity contribution in [3.05, 3.63) is 54.9 Å². The lowest BCUT2D eigenvalue weighted by Crippen LogP contribution is -2.20. The van der Waals surface area contributed by atoms with E-state index < -0.39 is 0 Å². The van der Waals surface area contributed by atoms with Crippen molar-refractivity contribution in [3.8, 4) is 0 Å². The molecule has 2 heterocycles. The Kier molecular flexibility index (Phi) is 3.38. The number of hydrogen-bond acceptors (Lipinski definition) is 3. The van der Waals surface area contributed by atoms with Crippen LogP contribution in [0.25, 0.3) is 10.9 Å². The molecule has 0 radical (unpaired) electrons. The Hall–Kier alpha value is -2.27. The molecule has 1 aliphatic carbocycles. The van der Waals surface area contributed by atoms with Gasteiger partial charge in [-0.1, -0.05) is 24.8 Å². The standard InChI is InChI=1S/C18H16N2O2S/c1-12-17(21)23-18(22)20(12)16-9-5-8-15-14(16)10-11-19(15)13-6-3-2-4-7-13/h3,5-6,8-11,13H,1-2,4,7H2. The summed E-state index contributed by atoms with van der Waals surface area (Å²) < 4.78 is 2.24. The maximum atomic E-state index is 12.1. The molecule has 0 N–H and O–H groups in total. The van der Waals surface area contributed by atoms with Gasteiger partial charge in [0.05, 0.1) is 22.9 Å². The van der Waals surface area contributed by atoms with E-state index in [1.165, 1.54) is 11.3 Å². The average molecular weight is 324 g/mol. The van der Waals surface area contributed by atoms with Crippen LogP contribution in [0, 0.1) is 0 Å². The van der Waals surface area contributed by atoms with E-state index in [1.54, 1.807) is 0 Å². The summed E-state index contributed by atoms with van der Waals surface area (Å²) in [6, 6.07) is 8.21. The summed E-state index contributed by atoms with van der Waals surface area (Å²) in [6.07, 6.45) is 9.98. The van der Waals surface area contributed by atoms with Crippen molar-refractivity contribution in [3.63, 3.8) is 0 Å². The Morgan fingerprint density at radius 2 is 2.09 bits per heavy atom. The van der Waals surface area contributed by atoms with Crippen LogP contribution in [-0.4, -0.2) is 14.9 Å². The number of allylic oxidation sites excluding steroid dienone is 2. The predicted octanol–water partition coefficient (Wildman–Crippen LogP) is 4.64. The van der Waals surface area contributed by atoms with E-state index in [-0.39, 0.29) is 16.1 Å². The molecule has 1 aromatic heterocycles. The number of benzene rings is 1. The zero-order valence-electron chi connectivity index (χ0n) is 12.6. The molecule has 1 saturated heterocycles. The summed E-state index contributed by atoms with van der Waals surface area (Å²) in [5, 5.41) is 0.413. The van der Waals surface area contributed by atoms with E-state index in [1.807, 2.05) is 18.2 Å². The third-order valence-corrected chi connectivity index (χ3v) is 5.21. The van der Waals surface area contributed by atoms with E-state index >= 15 is 0 Å². The number of anilines is 1. The summed E-state index contributed by atoms with van der Waals surface area (Å²) in [6.45, 7) is 3.76. The quantitative estimate of drug-likeness (QED) is 0.597. The lowest BCUT2D eigenvalue weighted by Gasteiger charge is -2.20. The van der Waals surface area contributed by atoms with Crippen molar-refractivity contribution in [2.24, 2.45) is 0 Å². The Balaban J connectivity index is 1.84. The average Bonchev–Trinajstić information content (AvgIpc) is 3.10. The Labute approximate surface area is 138 Å². The maximum absolute atomic E-state index is 12.1. The fourth-order valence-electron chi connectivity index (χ4n) is 3.31. The molecule has 5 heteroatoms. The Morgan fingerprint density at radius 1 is 1.22 bits per heavy atom. The summed E-state index contributed by atoms with van der Waals surface area (Å²) in [4.78, 5) is 25.3. The van der Waals surface area contributed by atoms with Crippen LogP contribution in [0.1, 0.15) is 25.3 Å². The third-order valence-electron chi connectivity index (χ3n) is 4.44. The minimum Gasteiger partial charge on any atom is -0.341 e. The highest BCUT2D eigenvalue weighted by molar-refractivity contribution is 8.27. The molecule has 4 rings (SSSR count). The second-order valence-electron chi connectivity index (χ2n) is 5.80. The number of aromatic nitrogens is 1. The van der Waals surface area contributed by atoms with Gasteiger partial charge >= 0.3 is 0 Å². The zero-order valence-corrected chi connectivity index (χ0v) is 13.4. The number of carbonyl (C=O) groups is 2. The van der Waals surface area contributed by atoms with Gasteiger partial charge in [-0.3, -0.25) is 14.5 Å². The Morgan fingerprint density at radius 3 is 2.78 bits per heavy atom. The molecule has 1 aromatic carbocycles. The summed E-state index contributed by atoms with van der Waals surface area (Å²) in [5.41, 5.74) is 2.04. The van der Waals surface area contributed by atoms with Crippen LogP contribution in [0.15, 0.2) is 54.9 Å². The smallest absolute Gasteiger partial charge is 0.298 e. The van der Waals surface area contributed by atoms with Crippen LogP contribution < -0.4 is 4.90 Å². The predicted molar refractivity (Wildman–Crippen MR) is 93.6 cm³/mol. The van der Waals surface area contributed by atoms with Crippen molar-refractivity contribution in [2.75, 3.05) is 4.90 Å². The van der Waals surface area contributed by atoms with Gasteiger partial charge in [0.2, 0.25) is 5.12 Å². The van der Waals surface area contributed by atoms with Crippen LogP contribution in [0.2, 0.25) is 0 Å². The van der Waals surface area contributed by atoms with Gasteiger partial charge in [-0.15, -0.1) is 0 Å². The molecule has 1 atom stereocenters. The van der Waals surface area contributed by atoms with E-state index in [2.05, 4.69) is 35.6 Å². The number of thioether (sulfide) groups is 1. The monoisotopic (exact) mass is 324 g/mol. The topological polar surface area (TPSA) is 42.3 Å². The van der Waals surface area contributed by atoms with Gasteiger partial charge in [-0.2, -0.15) is 0 Å².